The normalized spacial score (nSPS) is 22.8. The van der Waals surface area contributed by atoms with Crippen LogP contribution < -0.4 is 5.32 Å². The molecule has 17 heavy (non-hydrogen) atoms. The Hall–Kier alpha value is -0.170. The summed E-state index contributed by atoms with van der Waals surface area (Å²) in [6.07, 6.45) is 3.04. The number of likely N-dealkylation sites (N-methyl/N-ethyl adjacent to an activating group) is 1. The Balaban J connectivity index is 2.62. The van der Waals surface area contributed by atoms with E-state index in [0.29, 0.717) is 6.54 Å². The van der Waals surface area contributed by atoms with Gasteiger partial charge in [0, 0.05) is 26.2 Å². The lowest BCUT2D eigenvalue weighted by atomic mass is 10.1. The van der Waals surface area contributed by atoms with E-state index in [1.54, 1.807) is 4.31 Å². The first-order valence-electron chi connectivity index (χ1n) is 6.31. The summed E-state index contributed by atoms with van der Waals surface area (Å²) in [5, 5.41) is 3.24. The standard InChI is InChI=1S/C11H24N2O3S/c1-3-12-10-11-6-4-5-7-13(11)17(14,15)9-8-16-2/h11-12H,3-10H2,1-2H3. The third kappa shape index (κ3) is 4.54. The molecule has 1 N–H and O–H groups in total. The zero-order chi connectivity index (χ0) is 12.7. The third-order valence-corrected chi connectivity index (χ3v) is 4.98. The van der Waals surface area contributed by atoms with Gasteiger partial charge in [0.05, 0.1) is 12.4 Å². The summed E-state index contributed by atoms with van der Waals surface area (Å²) in [4.78, 5) is 0. The molecule has 1 atom stereocenters. The summed E-state index contributed by atoms with van der Waals surface area (Å²) in [5.41, 5.74) is 0. The van der Waals surface area contributed by atoms with Crippen LogP contribution >= 0.6 is 0 Å². The lowest BCUT2D eigenvalue weighted by Crippen LogP contribution is -2.49. The van der Waals surface area contributed by atoms with Gasteiger partial charge in [0.15, 0.2) is 0 Å². The molecule has 0 aliphatic carbocycles. The molecule has 0 saturated carbocycles. The van der Waals surface area contributed by atoms with Gasteiger partial charge in [-0.3, -0.25) is 0 Å². The Morgan fingerprint density at radius 3 is 2.82 bits per heavy atom. The van der Waals surface area contributed by atoms with Crippen molar-refractivity contribution >= 4 is 10.0 Å². The topological polar surface area (TPSA) is 58.6 Å². The van der Waals surface area contributed by atoms with E-state index in [-0.39, 0.29) is 18.4 Å². The number of piperidine rings is 1. The Labute approximate surface area is 105 Å². The molecule has 1 aliphatic rings. The van der Waals surface area contributed by atoms with Crippen molar-refractivity contribution in [2.75, 3.05) is 39.1 Å². The molecular weight excluding hydrogens is 240 g/mol. The number of hydrogen-bond donors (Lipinski definition) is 1. The summed E-state index contributed by atoms with van der Waals surface area (Å²) < 4.78 is 30.8. The third-order valence-electron chi connectivity index (χ3n) is 3.11. The van der Waals surface area contributed by atoms with Crippen molar-refractivity contribution in [3.05, 3.63) is 0 Å². The van der Waals surface area contributed by atoms with Crippen molar-refractivity contribution in [1.29, 1.82) is 0 Å². The number of rotatable bonds is 7. The molecule has 1 heterocycles. The van der Waals surface area contributed by atoms with E-state index < -0.39 is 10.0 Å². The monoisotopic (exact) mass is 264 g/mol. The highest BCUT2D eigenvalue weighted by molar-refractivity contribution is 7.89. The molecular formula is C11H24N2O3S. The molecule has 0 aromatic heterocycles. The molecule has 0 amide bonds. The van der Waals surface area contributed by atoms with Gasteiger partial charge in [0.25, 0.3) is 0 Å². The second-order valence-electron chi connectivity index (χ2n) is 4.38. The van der Waals surface area contributed by atoms with Crippen molar-refractivity contribution in [1.82, 2.24) is 9.62 Å². The van der Waals surface area contributed by atoms with Crippen LogP contribution in [0.5, 0.6) is 0 Å². The summed E-state index contributed by atoms with van der Waals surface area (Å²) in [6, 6.07) is 0.116. The van der Waals surface area contributed by atoms with E-state index in [2.05, 4.69) is 5.32 Å². The molecule has 0 radical (unpaired) electrons. The molecule has 1 fully saturated rings. The molecule has 102 valence electrons. The molecule has 0 spiro atoms. The average molecular weight is 264 g/mol. The van der Waals surface area contributed by atoms with Gasteiger partial charge in [-0.2, -0.15) is 4.31 Å². The fourth-order valence-electron chi connectivity index (χ4n) is 2.16. The van der Waals surface area contributed by atoms with Crippen molar-refractivity contribution in [2.24, 2.45) is 0 Å². The highest BCUT2D eigenvalue weighted by Crippen LogP contribution is 2.20. The minimum Gasteiger partial charge on any atom is -0.384 e. The Kier molecular flexibility index (Phi) is 6.40. The van der Waals surface area contributed by atoms with Crippen LogP contribution in [0.25, 0.3) is 0 Å². The molecule has 0 aromatic rings. The molecule has 1 aliphatic heterocycles. The predicted molar refractivity (Wildman–Crippen MR) is 68.6 cm³/mol. The van der Waals surface area contributed by atoms with Crippen LogP contribution in [0.3, 0.4) is 0 Å². The van der Waals surface area contributed by atoms with Crippen molar-refractivity contribution in [3.63, 3.8) is 0 Å². The van der Waals surface area contributed by atoms with Crippen LogP contribution in [0.2, 0.25) is 0 Å². The van der Waals surface area contributed by atoms with Gasteiger partial charge in [-0.05, 0) is 19.4 Å². The lowest BCUT2D eigenvalue weighted by molar-refractivity contribution is 0.209. The maximum Gasteiger partial charge on any atom is 0.216 e. The minimum atomic E-state index is -3.16. The Morgan fingerprint density at radius 1 is 1.41 bits per heavy atom. The van der Waals surface area contributed by atoms with E-state index in [0.717, 1.165) is 32.4 Å². The number of methoxy groups -OCH3 is 1. The van der Waals surface area contributed by atoms with Gasteiger partial charge in [0.1, 0.15) is 0 Å². The van der Waals surface area contributed by atoms with Gasteiger partial charge in [-0.1, -0.05) is 13.3 Å². The zero-order valence-electron chi connectivity index (χ0n) is 10.8. The fraction of sp³-hybridized carbons (Fsp3) is 1.00. The highest BCUT2D eigenvalue weighted by Gasteiger charge is 2.31. The minimum absolute atomic E-state index is 0.0894. The molecule has 0 bridgehead atoms. The molecule has 6 heteroatoms. The second-order valence-corrected chi connectivity index (χ2v) is 6.42. The first kappa shape index (κ1) is 14.9. The van der Waals surface area contributed by atoms with Gasteiger partial charge in [-0.15, -0.1) is 0 Å². The predicted octanol–water partition coefficient (Wildman–Crippen LogP) is 0.427. The molecule has 1 unspecified atom stereocenters. The molecule has 0 aromatic carbocycles. The van der Waals surface area contributed by atoms with E-state index in [4.69, 9.17) is 4.74 Å². The largest absolute Gasteiger partial charge is 0.384 e. The first-order chi connectivity index (χ1) is 8.11. The van der Waals surface area contributed by atoms with Crippen LogP contribution in [-0.4, -0.2) is 57.9 Å². The molecule has 1 saturated heterocycles. The number of nitrogens with one attached hydrogen (secondary N) is 1. The number of ether oxygens (including phenoxy) is 1. The quantitative estimate of drug-likeness (QED) is 0.724. The maximum atomic E-state index is 12.1. The van der Waals surface area contributed by atoms with Crippen molar-refractivity contribution in [3.8, 4) is 0 Å². The van der Waals surface area contributed by atoms with Crippen LogP contribution in [-0.2, 0) is 14.8 Å². The van der Waals surface area contributed by atoms with Crippen LogP contribution in [0.4, 0.5) is 0 Å². The van der Waals surface area contributed by atoms with Gasteiger partial charge >= 0.3 is 0 Å². The number of sulfonamides is 1. The maximum absolute atomic E-state index is 12.1. The van der Waals surface area contributed by atoms with E-state index in [1.165, 1.54) is 7.11 Å². The molecule has 5 nitrogen and oxygen atoms in total. The van der Waals surface area contributed by atoms with Gasteiger partial charge in [0.2, 0.25) is 10.0 Å². The van der Waals surface area contributed by atoms with E-state index in [9.17, 15) is 8.42 Å². The van der Waals surface area contributed by atoms with Gasteiger partial charge < -0.3 is 10.1 Å². The second kappa shape index (κ2) is 7.31. The average Bonchev–Trinajstić information content (AvgIpc) is 2.34. The highest BCUT2D eigenvalue weighted by atomic mass is 32.2. The van der Waals surface area contributed by atoms with Crippen molar-refractivity contribution in [2.45, 2.75) is 32.2 Å². The van der Waals surface area contributed by atoms with Crippen LogP contribution in [0, 0.1) is 0 Å². The molecule has 1 rings (SSSR count). The van der Waals surface area contributed by atoms with Crippen LogP contribution in [0.1, 0.15) is 26.2 Å². The summed E-state index contributed by atoms with van der Waals surface area (Å²) in [5.74, 6) is 0.0894. The number of hydrogen-bond acceptors (Lipinski definition) is 4. The smallest absolute Gasteiger partial charge is 0.216 e. The Bertz CT molecular complexity index is 306. The fourth-order valence-corrected chi connectivity index (χ4v) is 3.81. The van der Waals surface area contributed by atoms with Crippen molar-refractivity contribution < 1.29 is 13.2 Å². The summed E-state index contributed by atoms with van der Waals surface area (Å²) in [6.45, 7) is 4.59. The zero-order valence-corrected chi connectivity index (χ0v) is 11.6. The van der Waals surface area contributed by atoms with Crippen LogP contribution in [0.15, 0.2) is 0 Å². The number of nitrogens with zero attached hydrogens (tertiary/aromatic N) is 1. The summed E-state index contributed by atoms with van der Waals surface area (Å²) in [7, 11) is -1.63. The SMILES string of the molecule is CCNCC1CCCCN1S(=O)(=O)CCOC. The Morgan fingerprint density at radius 2 is 2.18 bits per heavy atom. The van der Waals surface area contributed by atoms with E-state index >= 15 is 0 Å². The summed E-state index contributed by atoms with van der Waals surface area (Å²) >= 11 is 0. The van der Waals surface area contributed by atoms with E-state index in [1.807, 2.05) is 6.92 Å². The first-order valence-corrected chi connectivity index (χ1v) is 7.92. The lowest BCUT2D eigenvalue weighted by Gasteiger charge is -2.34. The van der Waals surface area contributed by atoms with Gasteiger partial charge in [-0.25, -0.2) is 8.42 Å².